The van der Waals surface area contributed by atoms with Crippen molar-refractivity contribution >= 4 is 34.9 Å². The van der Waals surface area contributed by atoms with E-state index in [0.717, 1.165) is 0 Å². The van der Waals surface area contributed by atoms with Gasteiger partial charge in [0.05, 0.1) is 23.9 Å². The van der Waals surface area contributed by atoms with Crippen LogP contribution >= 0.6 is 11.3 Å². The number of benzene rings is 1. The van der Waals surface area contributed by atoms with Gasteiger partial charge in [-0.25, -0.2) is 14.2 Å². The van der Waals surface area contributed by atoms with E-state index in [-0.39, 0.29) is 12.5 Å². The summed E-state index contributed by atoms with van der Waals surface area (Å²) in [6.07, 6.45) is 0.749. The number of amides is 4. The van der Waals surface area contributed by atoms with Crippen LogP contribution in [0.5, 0.6) is 0 Å². The molecule has 0 bridgehead atoms. The number of halogens is 1. The Labute approximate surface area is 187 Å². The number of hydrogen-bond donors (Lipinski definition) is 2. The molecule has 164 valence electrons. The van der Waals surface area contributed by atoms with Gasteiger partial charge < -0.3 is 9.64 Å². The first-order valence-electron chi connectivity index (χ1n) is 10.1. The summed E-state index contributed by atoms with van der Waals surface area (Å²) in [4.78, 5) is 43.9. The van der Waals surface area contributed by atoms with Gasteiger partial charge in [-0.15, -0.1) is 11.3 Å². The summed E-state index contributed by atoms with van der Waals surface area (Å²) >= 11 is 1.37. The highest BCUT2D eigenvalue weighted by Gasteiger charge is 2.63. The normalized spacial score (nSPS) is 25.9. The number of thiazole rings is 1. The minimum Gasteiger partial charge on any atom is -0.372 e. The van der Waals surface area contributed by atoms with E-state index in [1.165, 1.54) is 17.4 Å². The molecule has 10 heteroatoms. The summed E-state index contributed by atoms with van der Waals surface area (Å²) in [5, 5.41) is 6.83. The molecule has 1 spiro atoms. The second-order valence-electron chi connectivity index (χ2n) is 8.19. The van der Waals surface area contributed by atoms with Crippen LogP contribution in [0.1, 0.15) is 30.0 Å². The molecule has 5 rings (SSSR count). The number of morpholine rings is 1. The lowest BCUT2D eigenvalue weighted by Gasteiger charge is -2.55. The SMILES string of the molecule is C[C@@H]1CN2c3c(F)cc(C#Cc4nccs4)cc3CC3(C(=O)NC(=O)NC3=O)[C@H]2[C@H](C)O1. The molecule has 0 unspecified atom stereocenters. The van der Waals surface area contributed by atoms with E-state index >= 15 is 4.39 Å². The van der Waals surface area contributed by atoms with Crippen LogP contribution in [0.3, 0.4) is 0 Å². The lowest BCUT2D eigenvalue weighted by Crippen LogP contribution is -2.75. The van der Waals surface area contributed by atoms with Crippen molar-refractivity contribution in [2.75, 3.05) is 11.4 Å². The van der Waals surface area contributed by atoms with E-state index in [0.29, 0.717) is 28.4 Å². The molecule has 3 aliphatic rings. The number of ether oxygens (including phenoxy) is 1. The number of carbonyl (C=O) groups excluding carboxylic acids is 3. The van der Waals surface area contributed by atoms with Crippen LogP contribution in [0.15, 0.2) is 23.7 Å². The maximum absolute atomic E-state index is 15.4. The monoisotopic (exact) mass is 454 g/mol. The highest BCUT2D eigenvalue weighted by atomic mass is 32.1. The van der Waals surface area contributed by atoms with Crippen molar-refractivity contribution < 1.29 is 23.5 Å². The van der Waals surface area contributed by atoms with Gasteiger partial charge in [-0.05, 0) is 37.5 Å². The van der Waals surface area contributed by atoms with Crippen molar-refractivity contribution in [2.45, 2.75) is 38.5 Å². The summed E-state index contributed by atoms with van der Waals surface area (Å²) in [5.41, 5.74) is -0.425. The topological polar surface area (TPSA) is 101 Å². The number of hydrogen-bond acceptors (Lipinski definition) is 7. The molecule has 0 radical (unpaired) electrons. The van der Waals surface area contributed by atoms with E-state index in [1.54, 1.807) is 29.5 Å². The Hall–Kier alpha value is -3.29. The average Bonchev–Trinajstić information content (AvgIpc) is 3.23. The van der Waals surface area contributed by atoms with Crippen molar-refractivity contribution in [3.8, 4) is 11.8 Å². The van der Waals surface area contributed by atoms with Crippen molar-refractivity contribution in [1.29, 1.82) is 0 Å². The Morgan fingerprint density at radius 3 is 2.66 bits per heavy atom. The van der Waals surface area contributed by atoms with Gasteiger partial charge in [-0.1, -0.05) is 5.92 Å². The largest absolute Gasteiger partial charge is 0.372 e. The third-order valence-electron chi connectivity index (χ3n) is 6.10. The van der Waals surface area contributed by atoms with E-state index in [9.17, 15) is 14.4 Å². The maximum atomic E-state index is 15.4. The first kappa shape index (κ1) is 20.6. The molecule has 0 saturated carbocycles. The molecule has 2 aromatic rings. The summed E-state index contributed by atoms with van der Waals surface area (Å²) < 4.78 is 21.3. The minimum absolute atomic E-state index is 0.0831. The van der Waals surface area contributed by atoms with Crippen LogP contribution in [0.25, 0.3) is 0 Å². The van der Waals surface area contributed by atoms with Crippen LogP contribution in [-0.2, 0) is 20.7 Å². The smallest absolute Gasteiger partial charge is 0.328 e. The van der Waals surface area contributed by atoms with Crippen LogP contribution in [0, 0.1) is 23.1 Å². The molecule has 4 amide bonds. The molecule has 2 N–H and O–H groups in total. The number of aromatic nitrogens is 1. The highest BCUT2D eigenvalue weighted by molar-refractivity contribution is 7.10. The van der Waals surface area contributed by atoms with Crippen LogP contribution in [0.2, 0.25) is 0 Å². The zero-order valence-electron chi connectivity index (χ0n) is 17.3. The zero-order valence-corrected chi connectivity index (χ0v) is 18.1. The van der Waals surface area contributed by atoms with Crippen molar-refractivity contribution in [2.24, 2.45) is 5.41 Å². The van der Waals surface area contributed by atoms with Gasteiger partial charge >= 0.3 is 6.03 Å². The molecule has 3 atom stereocenters. The molecule has 0 aliphatic carbocycles. The number of nitrogens with one attached hydrogen (secondary N) is 2. The number of anilines is 1. The fraction of sp³-hybridized carbons (Fsp3) is 0.364. The second kappa shape index (κ2) is 7.39. The quantitative estimate of drug-likeness (QED) is 0.463. The second-order valence-corrected chi connectivity index (χ2v) is 9.08. The van der Waals surface area contributed by atoms with Crippen LogP contribution < -0.4 is 15.5 Å². The molecule has 8 nitrogen and oxygen atoms in total. The number of carbonyl (C=O) groups is 3. The average molecular weight is 454 g/mol. The zero-order chi connectivity index (χ0) is 22.6. The Morgan fingerprint density at radius 2 is 1.97 bits per heavy atom. The number of fused-ring (bicyclic) bond motifs is 4. The van der Waals surface area contributed by atoms with Crippen molar-refractivity contribution in [3.63, 3.8) is 0 Å². The first-order chi connectivity index (χ1) is 15.3. The Bertz CT molecular complexity index is 1180. The highest BCUT2D eigenvalue weighted by Crippen LogP contribution is 2.47. The van der Waals surface area contributed by atoms with Gasteiger partial charge in [0.15, 0.2) is 10.4 Å². The third kappa shape index (κ3) is 3.08. The molecular weight excluding hydrogens is 435 g/mol. The van der Waals surface area contributed by atoms with Crippen molar-refractivity contribution in [3.05, 3.63) is 45.7 Å². The van der Waals surface area contributed by atoms with Crippen LogP contribution in [0.4, 0.5) is 14.9 Å². The number of imide groups is 2. The predicted octanol–water partition coefficient (Wildman–Crippen LogP) is 1.57. The van der Waals surface area contributed by atoms with Crippen LogP contribution in [-0.4, -0.2) is 47.6 Å². The fourth-order valence-electron chi connectivity index (χ4n) is 5.02. The summed E-state index contributed by atoms with van der Waals surface area (Å²) in [7, 11) is 0. The molecule has 1 aromatic heterocycles. The van der Waals surface area contributed by atoms with Gasteiger partial charge in [0.2, 0.25) is 11.8 Å². The van der Waals surface area contributed by atoms with Crippen molar-refractivity contribution in [1.82, 2.24) is 15.6 Å². The Kier molecular flexibility index (Phi) is 4.76. The number of rotatable bonds is 0. The lowest BCUT2D eigenvalue weighted by atomic mass is 9.66. The number of barbiturate groups is 1. The van der Waals surface area contributed by atoms with Gasteiger partial charge in [-0.2, -0.15) is 0 Å². The maximum Gasteiger partial charge on any atom is 0.328 e. The van der Waals surface area contributed by atoms with E-state index in [4.69, 9.17) is 4.74 Å². The lowest BCUT2D eigenvalue weighted by molar-refractivity contribution is -0.153. The van der Waals surface area contributed by atoms with Gasteiger partial charge in [0, 0.05) is 30.1 Å². The molecular formula is C22H19FN4O4S. The minimum atomic E-state index is -1.64. The molecule has 2 fully saturated rings. The van der Waals surface area contributed by atoms with Gasteiger partial charge in [0.1, 0.15) is 5.82 Å². The number of urea groups is 1. The van der Waals surface area contributed by atoms with E-state index in [2.05, 4.69) is 27.5 Å². The summed E-state index contributed by atoms with van der Waals surface area (Å²) in [6, 6.07) is 1.40. The summed E-state index contributed by atoms with van der Waals surface area (Å²) in [6.45, 7) is 3.89. The van der Waals surface area contributed by atoms with E-state index in [1.807, 2.05) is 6.92 Å². The summed E-state index contributed by atoms with van der Waals surface area (Å²) in [5.74, 6) is 3.89. The molecule has 3 aliphatic heterocycles. The Balaban J connectivity index is 1.67. The van der Waals surface area contributed by atoms with E-state index < -0.39 is 41.2 Å². The first-order valence-corrected chi connectivity index (χ1v) is 11.0. The predicted molar refractivity (Wildman–Crippen MR) is 113 cm³/mol. The van der Waals surface area contributed by atoms with Gasteiger partial charge in [-0.3, -0.25) is 20.2 Å². The molecule has 2 saturated heterocycles. The standard InChI is InChI=1S/C22H19FN4O4S/c1-11-10-27-17-14(7-13(8-15(17)23)3-4-16-24-5-6-32-16)9-22(18(27)12(2)31-11)19(28)25-21(30)26-20(22)29/h5-8,11-12,18H,9-10H2,1-2H3,(H2,25,26,28,29,30)/t11-,12+,18-/m1/s1. The molecule has 32 heavy (non-hydrogen) atoms. The number of nitrogens with zero attached hydrogens (tertiary/aromatic N) is 2. The molecule has 1 aromatic carbocycles. The fourth-order valence-corrected chi connectivity index (χ4v) is 5.50. The Morgan fingerprint density at radius 1 is 1.22 bits per heavy atom. The third-order valence-corrected chi connectivity index (χ3v) is 6.78. The molecule has 4 heterocycles. The van der Waals surface area contributed by atoms with Gasteiger partial charge in [0.25, 0.3) is 0 Å².